The van der Waals surface area contributed by atoms with Gasteiger partial charge in [-0.2, -0.15) is 0 Å². The molecule has 0 spiro atoms. The summed E-state index contributed by atoms with van der Waals surface area (Å²) in [4.78, 5) is 6.88. The number of halogens is 1. The van der Waals surface area contributed by atoms with Gasteiger partial charge in [0.05, 0.1) is 5.02 Å². The van der Waals surface area contributed by atoms with Crippen LogP contribution in [0.4, 0.5) is 5.82 Å². The van der Waals surface area contributed by atoms with Crippen LogP contribution in [0.1, 0.15) is 38.7 Å². The van der Waals surface area contributed by atoms with E-state index in [9.17, 15) is 0 Å². The van der Waals surface area contributed by atoms with Crippen molar-refractivity contribution >= 4 is 17.4 Å². The fourth-order valence-electron chi connectivity index (χ4n) is 2.62. The number of hydrogen-bond acceptors (Lipinski definition) is 3. The molecule has 2 rings (SSSR count). The SMILES string of the molecule is CCNCc1cnc(N2CCC(CC)CC2)c(Cl)c1. The standard InChI is InChI=1S/C15H24ClN3/c1-3-12-5-7-19(8-6-12)15-14(16)9-13(11-18-15)10-17-4-2/h9,11-12,17H,3-8,10H2,1-2H3. The molecule has 0 amide bonds. The number of piperidine rings is 1. The summed E-state index contributed by atoms with van der Waals surface area (Å²) in [6.45, 7) is 8.34. The number of nitrogens with zero attached hydrogens (tertiary/aromatic N) is 2. The minimum atomic E-state index is 0.783. The molecule has 1 aromatic rings. The Hall–Kier alpha value is -0.800. The summed E-state index contributed by atoms with van der Waals surface area (Å²) in [5.74, 6) is 1.83. The van der Waals surface area contributed by atoms with Crippen LogP contribution in [0.2, 0.25) is 5.02 Å². The first-order chi connectivity index (χ1) is 9.24. The fraction of sp³-hybridized carbons (Fsp3) is 0.667. The maximum absolute atomic E-state index is 6.38. The Bertz CT molecular complexity index is 400. The Balaban J connectivity index is 2.01. The van der Waals surface area contributed by atoms with Gasteiger partial charge in [0.15, 0.2) is 0 Å². The first-order valence-corrected chi connectivity index (χ1v) is 7.72. The van der Waals surface area contributed by atoms with Crippen molar-refractivity contribution in [2.75, 3.05) is 24.5 Å². The third kappa shape index (κ3) is 3.83. The number of hydrogen-bond donors (Lipinski definition) is 1. The second-order valence-electron chi connectivity index (χ2n) is 5.27. The molecule has 0 saturated carbocycles. The summed E-state index contributed by atoms with van der Waals surface area (Å²) >= 11 is 6.38. The monoisotopic (exact) mass is 281 g/mol. The van der Waals surface area contributed by atoms with Crippen molar-refractivity contribution in [3.63, 3.8) is 0 Å². The van der Waals surface area contributed by atoms with Gasteiger partial charge >= 0.3 is 0 Å². The van der Waals surface area contributed by atoms with Gasteiger partial charge in [-0.05, 0) is 36.9 Å². The second kappa shape index (κ2) is 7.11. The van der Waals surface area contributed by atoms with Crippen LogP contribution in [0, 0.1) is 5.92 Å². The molecule has 0 bridgehead atoms. The van der Waals surface area contributed by atoms with E-state index < -0.39 is 0 Å². The summed E-state index contributed by atoms with van der Waals surface area (Å²) in [6.07, 6.45) is 5.74. The van der Waals surface area contributed by atoms with Gasteiger partial charge < -0.3 is 10.2 Å². The molecular weight excluding hydrogens is 258 g/mol. The fourth-order valence-corrected chi connectivity index (χ4v) is 2.93. The molecule has 2 heterocycles. The van der Waals surface area contributed by atoms with Crippen LogP contribution < -0.4 is 10.2 Å². The summed E-state index contributed by atoms with van der Waals surface area (Å²) in [5, 5.41) is 4.07. The van der Waals surface area contributed by atoms with E-state index in [0.29, 0.717) is 0 Å². The van der Waals surface area contributed by atoms with Crippen molar-refractivity contribution in [2.24, 2.45) is 5.92 Å². The summed E-state index contributed by atoms with van der Waals surface area (Å²) < 4.78 is 0. The Morgan fingerprint density at radius 1 is 1.37 bits per heavy atom. The van der Waals surface area contributed by atoms with E-state index in [0.717, 1.165) is 48.5 Å². The smallest absolute Gasteiger partial charge is 0.147 e. The molecule has 4 heteroatoms. The van der Waals surface area contributed by atoms with Gasteiger partial charge in [0, 0.05) is 25.8 Å². The molecule has 3 nitrogen and oxygen atoms in total. The molecule has 1 aliphatic rings. The predicted octanol–water partition coefficient (Wildman–Crippen LogP) is 3.47. The molecule has 1 aliphatic heterocycles. The Labute approximate surface area is 121 Å². The van der Waals surface area contributed by atoms with Crippen LogP contribution >= 0.6 is 11.6 Å². The first kappa shape index (κ1) is 14.6. The lowest BCUT2D eigenvalue weighted by atomic mass is 9.94. The Morgan fingerprint density at radius 3 is 2.68 bits per heavy atom. The van der Waals surface area contributed by atoms with Gasteiger partial charge in [-0.15, -0.1) is 0 Å². The van der Waals surface area contributed by atoms with Gasteiger partial charge in [-0.3, -0.25) is 0 Å². The number of nitrogens with one attached hydrogen (secondary N) is 1. The topological polar surface area (TPSA) is 28.2 Å². The molecule has 1 aromatic heterocycles. The lowest BCUT2D eigenvalue weighted by Gasteiger charge is -2.32. The van der Waals surface area contributed by atoms with E-state index in [-0.39, 0.29) is 0 Å². The predicted molar refractivity (Wildman–Crippen MR) is 81.9 cm³/mol. The van der Waals surface area contributed by atoms with Crippen LogP contribution in [0.15, 0.2) is 12.3 Å². The van der Waals surface area contributed by atoms with E-state index in [1.165, 1.54) is 19.3 Å². The molecule has 1 fully saturated rings. The first-order valence-electron chi connectivity index (χ1n) is 7.34. The number of anilines is 1. The molecule has 0 aromatic carbocycles. The maximum Gasteiger partial charge on any atom is 0.147 e. The molecule has 0 aliphatic carbocycles. The normalized spacial score (nSPS) is 16.9. The van der Waals surface area contributed by atoms with Crippen LogP contribution in [0.5, 0.6) is 0 Å². The van der Waals surface area contributed by atoms with Crippen LogP contribution in [0.25, 0.3) is 0 Å². The van der Waals surface area contributed by atoms with Gasteiger partial charge in [-0.1, -0.05) is 31.9 Å². The highest BCUT2D eigenvalue weighted by atomic mass is 35.5. The van der Waals surface area contributed by atoms with Crippen molar-refractivity contribution in [3.8, 4) is 0 Å². The van der Waals surface area contributed by atoms with Gasteiger partial charge in [-0.25, -0.2) is 4.98 Å². The highest BCUT2D eigenvalue weighted by molar-refractivity contribution is 6.33. The van der Waals surface area contributed by atoms with E-state index in [2.05, 4.69) is 29.0 Å². The van der Waals surface area contributed by atoms with Gasteiger partial charge in [0.1, 0.15) is 5.82 Å². The van der Waals surface area contributed by atoms with Crippen LogP contribution in [-0.2, 0) is 6.54 Å². The quantitative estimate of drug-likeness (QED) is 0.896. The maximum atomic E-state index is 6.38. The van der Waals surface area contributed by atoms with Crippen LogP contribution in [0.3, 0.4) is 0 Å². The lowest BCUT2D eigenvalue weighted by Crippen LogP contribution is -2.34. The third-order valence-electron chi connectivity index (χ3n) is 3.95. The third-order valence-corrected chi connectivity index (χ3v) is 4.23. The van der Waals surface area contributed by atoms with E-state index in [1.807, 2.05) is 12.3 Å². The number of aromatic nitrogens is 1. The minimum absolute atomic E-state index is 0.783. The molecule has 1 saturated heterocycles. The summed E-state index contributed by atoms with van der Waals surface area (Å²) in [7, 11) is 0. The van der Waals surface area contributed by atoms with Gasteiger partial charge in [0.2, 0.25) is 0 Å². The van der Waals surface area contributed by atoms with Crippen molar-refractivity contribution in [1.82, 2.24) is 10.3 Å². The van der Waals surface area contributed by atoms with E-state index in [4.69, 9.17) is 11.6 Å². The highest BCUT2D eigenvalue weighted by Crippen LogP contribution is 2.29. The molecule has 19 heavy (non-hydrogen) atoms. The average Bonchev–Trinajstić information content (AvgIpc) is 2.45. The largest absolute Gasteiger partial charge is 0.355 e. The molecule has 0 radical (unpaired) electrons. The van der Waals surface area contributed by atoms with Crippen molar-refractivity contribution in [1.29, 1.82) is 0 Å². The zero-order chi connectivity index (χ0) is 13.7. The number of rotatable bonds is 5. The summed E-state index contributed by atoms with van der Waals surface area (Å²) in [6, 6.07) is 2.04. The highest BCUT2D eigenvalue weighted by Gasteiger charge is 2.20. The van der Waals surface area contributed by atoms with Crippen LogP contribution in [-0.4, -0.2) is 24.6 Å². The minimum Gasteiger partial charge on any atom is -0.355 e. The second-order valence-corrected chi connectivity index (χ2v) is 5.68. The van der Waals surface area contributed by atoms with Crippen molar-refractivity contribution in [2.45, 2.75) is 39.7 Å². The molecular formula is C15H24ClN3. The lowest BCUT2D eigenvalue weighted by molar-refractivity contribution is 0.394. The molecule has 0 atom stereocenters. The van der Waals surface area contributed by atoms with Crippen molar-refractivity contribution < 1.29 is 0 Å². The van der Waals surface area contributed by atoms with Gasteiger partial charge in [0.25, 0.3) is 0 Å². The zero-order valence-electron chi connectivity index (χ0n) is 12.0. The Morgan fingerprint density at radius 2 is 2.11 bits per heavy atom. The molecule has 106 valence electrons. The number of pyridine rings is 1. The Kier molecular flexibility index (Phi) is 5.46. The average molecular weight is 282 g/mol. The van der Waals surface area contributed by atoms with E-state index in [1.54, 1.807) is 0 Å². The van der Waals surface area contributed by atoms with E-state index >= 15 is 0 Å². The molecule has 1 N–H and O–H groups in total. The van der Waals surface area contributed by atoms with Crippen molar-refractivity contribution in [3.05, 3.63) is 22.8 Å². The summed E-state index contributed by atoms with van der Waals surface area (Å²) in [5.41, 5.74) is 1.15. The zero-order valence-corrected chi connectivity index (χ0v) is 12.7. The molecule has 0 unspecified atom stereocenters.